The summed E-state index contributed by atoms with van der Waals surface area (Å²) >= 11 is 1.38. The molecule has 0 amide bonds. The van der Waals surface area contributed by atoms with Gasteiger partial charge in [-0.15, -0.1) is 0 Å². The Morgan fingerprint density at radius 2 is 2.00 bits per heavy atom. The van der Waals surface area contributed by atoms with Crippen LogP contribution >= 0.6 is 11.8 Å². The van der Waals surface area contributed by atoms with Crippen LogP contribution in [-0.4, -0.2) is 34.3 Å². The van der Waals surface area contributed by atoms with Crippen LogP contribution in [0.3, 0.4) is 0 Å². The van der Waals surface area contributed by atoms with Gasteiger partial charge in [0, 0.05) is 12.1 Å². The molecule has 1 aromatic heterocycles. The number of nitrogens with zero attached hydrogens (tertiary/aromatic N) is 3. The molecule has 0 spiro atoms. The van der Waals surface area contributed by atoms with Gasteiger partial charge in [0.2, 0.25) is 0 Å². The van der Waals surface area contributed by atoms with E-state index in [1.165, 1.54) is 11.8 Å². The Morgan fingerprint density at radius 1 is 1.19 bits per heavy atom. The molecule has 0 saturated heterocycles. The predicted molar refractivity (Wildman–Crippen MR) is 102 cm³/mol. The van der Waals surface area contributed by atoms with Crippen molar-refractivity contribution >= 4 is 28.6 Å². The molecule has 2 heterocycles. The highest BCUT2D eigenvalue weighted by atomic mass is 32.2. The summed E-state index contributed by atoms with van der Waals surface area (Å²) in [5.74, 6) is 1.54. The smallest absolute Gasteiger partial charge is 0.173 e. The van der Waals surface area contributed by atoms with Gasteiger partial charge in [0.25, 0.3) is 0 Å². The summed E-state index contributed by atoms with van der Waals surface area (Å²) < 4.78 is 13.0. The monoisotopic (exact) mass is 379 g/mol. The first kappa shape index (κ1) is 17.4. The van der Waals surface area contributed by atoms with Crippen molar-refractivity contribution in [2.75, 3.05) is 19.0 Å². The molecule has 2 aromatic carbocycles. The van der Waals surface area contributed by atoms with E-state index < -0.39 is 0 Å². The zero-order valence-corrected chi connectivity index (χ0v) is 15.4. The lowest BCUT2D eigenvalue weighted by molar-refractivity contribution is 0.102. The summed E-state index contributed by atoms with van der Waals surface area (Å²) in [5.41, 5.74) is 2.43. The Balaban J connectivity index is 1.53. The number of thioether (sulfide) groups is 1. The van der Waals surface area contributed by atoms with E-state index in [1.54, 1.807) is 18.2 Å². The molecule has 6 nitrogen and oxygen atoms in total. The Hall–Kier alpha value is -2.98. The van der Waals surface area contributed by atoms with Gasteiger partial charge in [0.05, 0.1) is 29.3 Å². The lowest BCUT2D eigenvalue weighted by Crippen LogP contribution is -2.16. The molecule has 0 aliphatic carbocycles. The number of carbonyl (C=O) groups excluding carboxylic acids is 1. The molecule has 136 valence electrons. The molecule has 0 N–H and O–H groups in total. The number of ketones is 1. The van der Waals surface area contributed by atoms with Crippen molar-refractivity contribution in [2.45, 2.75) is 18.1 Å². The Morgan fingerprint density at radius 3 is 2.85 bits per heavy atom. The molecular formula is C20H17N3O3S. The van der Waals surface area contributed by atoms with Crippen LogP contribution in [0.5, 0.6) is 11.5 Å². The molecule has 0 fully saturated rings. The standard InChI is InChI=1S/C20H17N3O3S/c21-8-3-9-23-16-5-2-1-4-15(16)22-20(23)27-13-17(24)14-6-7-18-19(12-14)26-11-10-25-18/h1-2,4-7,12H,3,9-11,13H2. The number of nitriles is 1. The topological polar surface area (TPSA) is 77.1 Å². The number of ether oxygens (including phenoxy) is 2. The van der Waals surface area contributed by atoms with Crippen LogP contribution in [0.2, 0.25) is 0 Å². The molecule has 0 unspecified atom stereocenters. The molecule has 7 heteroatoms. The van der Waals surface area contributed by atoms with Crippen LogP contribution in [0.4, 0.5) is 0 Å². The number of aryl methyl sites for hydroxylation is 1. The number of hydrogen-bond donors (Lipinski definition) is 0. The quantitative estimate of drug-likeness (QED) is 0.480. The van der Waals surface area contributed by atoms with Gasteiger partial charge in [0.15, 0.2) is 22.4 Å². The zero-order valence-electron chi connectivity index (χ0n) is 14.6. The molecule has 27 heavy (non-hydrogen) atoms. The lowest BCUT2D eigenvalue weighted by atomic mass is 10.1. The normalized spacial score (nSPS) is 12.7. The summed E-state index contributed by atoms with van der Waals surface area (Å²) in [6, 6.07) is 15.2. The molecule has 0 bridgehead atoms. The maximum Gasteiger partial charge on any atom is 0.173 e. The van der Waals surface area contributed by atoms with Crippen LogP contribution in [-0.2, 0) is 6.54 Å². The number of para-hydroxylation sites is 2. The summed E-state index contributed by atoms with van der Waals surface area (Å²) in [6.45, 7) is 1.56. The number of benzene rings is 2. The Bertz CT molecular complexity index is 1040. The van der Waals surface area contributed by atoms with E-state index in [0.717, 1.165) is 16.2 Å². The highest BCUT2D eigenvalue weighted by Crippen LogP contribution is 2.31. The molecule has 1 aliphatic heterocycles. The number of hydrogen-bond acceptors (Lipinski definition) is 6. The number of imidazole rings is 1. The highest BCUT2D eigenvalue weighted by Gasteiger charge is 2.17. The molecule has 0 atom stereocenters. The second-order valence-electron chi connectivity index (χ2n) is 6.01. The number of aromatic nitrogens is 2. The number of carbonyl (C=O) groups is 1. The van der Waals surface area contributed by atoms with Crippen LogP contribution in [0.1, 0.15) is 16.8 Å². The maximum atomic E-state index is 12.6. The van der Waals surface area contributed by atoms with Crippen LogP contribution in [0.15, 0.2) is 47.6 Å². The zero-order chi connectivity index (χ0) is 18.6. The third-order valence-corrected chi connectivity index (χ3v) is 5.24. The van der Waals surface area contributed by atoms with Crippen LogP contribution < -0.4 is 9.47 Å². The van der Waals surface area contributed by atoms with Crippen molar-refractivity contribution < 1.29 is 14.3 Å². The summed E-state index contributed by atoms with van der Waals surface area (Å²) in [4.78, 5) is 17.3. The second kappa shape index (κ2) is 7.72. The van der Waals surface area contributed by atoms with Gasteiger partial charge in [-0.05, 0) is 30.3 Å². The van der Waals surface area contributed by atoms with Crippen molar-refractivity contribution in [3.8, 4) is 17.6 Å². The van der Waals surface area contributed by atoms with Crippen molar-refractivity contribution in [3.63, 3.8) is 0 Å². The summed E-state index contributed by atoms with van der Waals surface area (Å²) in [7, 11) is 0. The maximum absolute atomic E-state index is 12.6. The van der Waals surface area contributed by atoms with E-state index in [-0.39, 0.29) is 11.5 Å². The first-order valence-corrected chi connectivity index (χ1v) is 9.62. The number of rotatable bonds is 6. The highest BCUT2D eigenvalue weighted by molar-refractivity contribution is 7.99. The van der Waals surface area contributed by atoms with Crippen LogP contribution in [0.25, 0.3) is 11.0 Å². The second-order valence-corrected chi connectivity index (χ2v) is 6.96. The minimum Gasteiger partial charge on any atom is -0.486 e. The largest absolute Gasteiger partial charge is 0.486 e. The average molecular weight is 379 g/mol. The molecule has 3 aromatic rings. The van der Waals surface area contributed by atoms with Gasteiger partial charge in [-0.3, -0.25) is 4.79 Å². The van der Waals surface area contributed by atoms with Gasteiger partial charge < -0.3 is 14.0 Å². The Labute approximate surface area is 160 Å². The van der Waals surface area contributed by atoms with Crippen LogP contribution in [0, 0.1) is 11.3 Å². The predicted octanol–water partition coefficient (Wildman–Crippen LogP) is 3.70. The van der Waals surface area contributed by atoms with Crippen molar-refractivity contribution in [1.29, 1.82) is 5.26 Å². The van der Waals surface area contributed by atoms with Gasteiger partial charge in [-0.2, -0.15) is 5.26 Å². The summed E-state index contributed by atoms with van der Waals surface area (Å²) in [5, 5.41) is 9.67. The molecule has 1 aliphatic rings. The van der Waals surface area contributed by atoms with E-state index in [0.29, 0.717) is 43.2 Å². The first-order valence-electron chi connectivity index (χ1n) is 8.64. The molecule has 0 saturated carbocycles. The average Bonchev–Trinajstić information content (AvgIpc) is 3.07. The number of Topliss-reactive ketones (excluding diaryl/α,β-unsaturated/α-hetero) is 1. The first-order chi connectivity index (χ1) is 13.3. The van der Waals surface area contributed by atoms with Gasteiger partial charge in [-0.1, -0.05) is 23.9 Å². The minimum absolute atomic E-state index is 0.00383. The van der Waals surface area contributed by atoms with E-state index in [9.17, 15) is 4.79 Å². The van der Waals surface area contributed by atoms with Crippen molar-refractivity contribution in [3.05, 3.63) is 48.0 Å². The van der Waals surface area contributed by atoms with Crippen molar-refractivity contribution in [2.24, 2.45) is 0 Å². The summed E-state index contributed by atoms with van der Waals surface area (Å²) in [6.07, 6.45) is 0.393. The lowest BCUT2D eigenvalue weighted by Gasteiger charge is -2.18. The van der Waals surface area contributed by atoms with Gasteiger partial charge >= 0.3 is 0 Å². The Kier molecular flexibility index (Phi) is 4.99. The molecular weight excluding hydrogens is 362 g/mol. The van der Waals surface area contributed by atoms with Crippen molar-refractivity contribution in [1.82, 2.24) is 9.55 Å². The molecule has 4 rings (SSSR count). The molecule has 0 radical (unpaired) electrons. The fourth-order valence-corrected chi connectivity index (χ4v) is 3.91. The fourth-order valence-electron chi connectivity index (χ4n) is 2.97. The minimum atomic E-state index is -0.00383. The third-order valence-electron chi connectivity index (χ3n) is 4.26. The third kappa shape index (κ3) is 3.62. The number of fused-ring (bicyclic) bond motifs is 2. The van der Waals surface area contributed by atoms with E-state index in [1.807, 2.05) is 28.8 Å². The van der Waals surface area contributed by atoms with Gasteiger partial charge in [0.1, 0.15) is 13.2 Å². The SMILES string of the molecule is N#CCCn1c(SCC(=O)c2ccc3c(c2)OCCO3)nc2ccccc21. The van der Waals surface area contributed by atoms with E-state index in [2.05, 4.69) is 11.1 Å². The fraction of sp³-hybridized carbons (Fsp3) is 0.250. The van der Waals surface area contributed by atoms with E-state index in [4.69, 9.17) is 14.7 Å². The van der Waals surface area contributed by atoms with Gasteiger partial charge in [-0.25, -0.2) is 4.98 Å². The van der Waals surface area contributed by atoms with E-state index >= 15 is 0 Å².